The van der Waals surface area contributed by atoms with Crippen LogP contribution in [0.2, 0.25) is 0 Å². The summed E-state index contributed by atoms with van der Waals surface area (Å²) in [6.45, 7) is 4.46. The summed E-state index contributed by atoms with van der Waals surface area (Å²) in [5.41, 5.74) is 2.89. The molecule has 1 amide bonds. The first-order chi connectivity index (χ1) is 17.6. The van der Waals surface area contributed by atoms with Gasteiger partial charge in [-0.3, -0.25) is 9.69 Å². The fraction of sp³-hybridized carbons (Fsp3) is 0.286. The molecule has 4 rings (SSSR count). The number of thiocarbonyl (C=S) groups is 1. The Balaban J connectivity index is 1.30. The highest BCUT2D eigenvalue weighted by atomic mass is 32.1. The van der Waals surface area contributed by atoms with Crippen molar-refractivity contribution < 1.29 is 19.0 Å². The third-order valence-electron chi connectivity index (χ3n) is 6.05. The Labute approximate surface area is 217 Å². The summed E-state index contributed by atoms with van der Waals surface area (Å²) in [5, 5.41) is 2.80. The van der Waals surface area contributed by atoms with Crippen molar-refractivity contribution in [3.63, 3.8) is 0 Å². The molecule has 1 N–H and O–H groups in total. The predicted molar refractivity (Wildman–Crippen MR) is 145 cm³/mol. The van der Waals surface area contributed by atoms with E-state index in [1.54, 1.807) is 44.6 Å². The summed E-state index contributed by atoms with van der Waals surface area (Å²) in [5.74, 6) is 1.48. The largest absolute Gasteiger partial charge is 0.497 e. The van der Waals surface area contributed by atoms with Gasteiger partial charge < -0.3 is 24.4 Å². The molecule has 188 valence electrons. The number of nitrogens with one attached hydrogen (secondary N) is 1. The Morgan fingerprint density at radius 3 is 2.28 bits per heavy atom. The van der Waals surface area contributed by atoms with Gasteiger partial charge in [-0.05, 0) is 48.0 Å². The van der Waals surface area contributed by atoms with Crippen molar-refractivity contribution in [3.8, 4) is 17.2 Å². The van der Waals surface area contributed by atoms with Gasteiger partial charge in [0.2, 0.25) is 0 Å². The molecule has 3 aromatic carbocycles. The van der Waals surface area contributed by atoms with Crippen LogP contribution in [-0.4, -0.2) is 67.7 Å². The van der Waals surface area contributed by atoms with Crippen LogP contribution in [0.15, 0.2) is 72.8 Å². The Morgan fingerprint density at radius 1 is 0.889 bits per heavy atom. The number of amides is 1. The van der Waals surface area contributed by atoms with Gasteiger partial charge in [0.15, 0.2) is 18.1 Å². The summed E-state index contributed by atoms with van der Waals surface area (Å²) in [6.07, 6.45) is 0. The first-order valence-corrected chi connectivity index (χ1v) is 12.3. The molecule has 1 heterocycles. The highest BCUT2D eigenvalue weighted by Crippen LogP contribution is 2.29. The molecule has 0 atom stereocenters. The molecule has 1 saturated heterocycles. The van der Waals surface area contributed by atoms with E-state index in [0.717, 1.165) is 49.0 Å². The van der Waals surface area contributed by atoms with Gasteiger partial charge in [-0.15, -0.1) is 0 Å². The number of nitrogens with zero attached hydrogens (tertiary/aromatic N) is 2. The SMILES string of the molecule is COc1ccc(NC(=O)COc2ccc(C(=S)N3CCN(Cc4ccccc4)CC3)cc2OC)cc1. The summed E-state index contributed by atoms with van der Waals surface area (Å²) in [4.78, 5) is 17.8. The molecule has 0 aliphatic carbocycles. The Kier molecular flexibility index (Phi) is 8.76. The van der Waals surface area contributed by atoms with Gasteiger partial charge in [0.25, 0.3) is 5.91 Å². The number of hydrogen-bond donors (Lipinski definition) is 1. The minimum Gasteiger partial charge on any atom is -0.497 e. The van der Waals surface area contributed by atoms with Crippen LogP contribution < -0.4 is 19.5 Å². The van der Waals surface area contributed by atoms with Gasteiger partial charge in [-0.2, -0.15) is 0 Å². The van der Waals surface area contributed by atoms with Crippen LogP contribution in [0.3, 0.4) is 0 Å². The maximum Gasteiger partial charge on any atom is 0.262 e. The lowest BCUT2D eigenvalue weighted by Crippen LogP contribution is -2.48. The lowest BCUT2D eigenvalue weighted by molar-refractivity contribution is -0.118. The van der Waals surface area contributed by atoms with Gasteiger partial charge in [0.05, 0.1) is 14.2 Å². The van der Waals surface area contributed by atoms with Crippen molar-refractivity contribution in [1.82, 2.24) is 9.80 Å². The molecular formula is C28H31N3O4S. The molecule has 0 spiro atoms. The van der Waals surface area contributed by atoms with E-state index >= 15 is 0 Å². The Morgan fingerprint density at radius 2 is 1.61 bits per heavy atom. The monoisotopic (exact) mass is 505 g/mol. The summed E-state index contributed by atoms with van der Waals surface area (Å²) in [6, 6.07) is 23.2. The number of methoxy groups -OCH3 is 2. The van der Waals surface area contributed by atoms with Crippen molar-refractivity contribution in [2.45, 2.75) is 6.54 Å². The van der Waals surface area contributed by atoms with E-state index in [1.807, 2.05) is 18.2 Å². The minimum absolute atomic E-state index is 0.143. The van der Waals surface area contributed by atoms with E-state index in [1.165, 1.54) is 5.56 Å². The van der Waals surface area contributed by atoms with E-state index in [2.05, 4.69) is 39.4 Å². The number of ether oxygens (including phenoxy) is 3. The second kappa shape index (κ2) is 12.4. The van der Waals surface area contributed by atoms with Crippen LogP contribution in [-0.2, 0) is 11.3 Å². The van der Waals surface area contributed by atoms with Crippen LogP contribution in [0.5, 0.6) is 17.2 Å². The average Bonchev–Trinajstić information content (AvgIpc) is 2.93. The molecule has 1 fully saturated rings. The first kappa shape index (κ1) is 25.5. The van der Waals surface area contributed by atoms with E-state index in [0.29, 0.717) is 17.2 Å². The van der Waals surface area contributed by atoms with Crippen molar-refractivity contribution in [2.24, 2.45) is 0 Å². The highest BCUT2D eigenvalue weighted by molar-refractivity contribution is 7.80. The van der Waals surface area contributed by atoms with Gasteiger partial charge in [-0.25, -0.2) is 0 Å². The molecule has 3 aromatic rings. The molecular weight excluding hydrogens is 474 g/mol. The summed E-state index contributed by atoms with van der Waals surface area (Å²) in [7, 11) is 3.18. The van der Waals surface area contributed by atoms with Gasteiger partial charge in [-0.1, -0.05) is 42.5 Å². The van der Waals surface area contributed by atoms with Gasteiger partial charge in [0, 0.05) is 44.0 Å². The standard InChI is InChI=1S/C28H31N3O4S/c1-33-24-11-9-23(10-12-24)29-27(32)20-35-25-13-8-22(18-26(25)34-2)28(36)31-16-14-30(15-17-31)19-21-6-4-3-5-7-21/h3-13,18H,14-17,19-20H2,1-2H3,(H,29,32). The summed E-state index contributed by atoms with van der Waals surface area (Å²) < 4.78 is 16.4. The molecule has 1 aliphatic rings. The molecule has 36 heavy (non-hydrogen) atoms. The maximum atomic E-state index is 12.3. The third-order valence-corrected chi connectivity index (χ3v) is 6.55. The van der Waals surface area contributed by atoms with Crippen molar-refractivity contribution in [2.75, 3.05) is 52.3 Å². The Hall–Kier alpha value is -3.62. The molecule has 0 unspecified atom stereocenters. The van der Waals surface area contributed by atoms with Crippen LogP contribution in [0.4, 0.5) is 5.69 Å². The van der Waals surface area contributed by atoms with Crippen LogP contribution >= 0.6 is 12.2 Å². The normalized spacial score (nSPS) is 13.7. The average molecular weight is 506 g/mol. The molecule has 8 heteroatoms. The zero-order valence-electron chi connectivity index (χ0n) is 20.6. The smallest absolute Gasteiger partial charge is 0.262 e. The van der Waals surface area contributed by atoms with E-state index in [9.17, 15) is 4.79 Å². The van der Waals surface area contributed by atoms with Crippen LogP contribution in [0.25, 0.3) is 0 Å². The van der Waals surface area contributed by atoms with E-state index < -0.39 is 0 Å². The van der Waals surface area contributed by atoms with Gasteiger partial charge in [0.1, 0.15) is 10.7 Å². The van der Waals surface area contributed by atoms with E-state index in [4.69, 9.17) is 26.4 Å². The molecule has 0 saturated carbocycles. The second-order valence-electron chi connectivity index (χ2n) is 8.48. The van der Waals surface area contributed by atoms with Crippen molar-refractivity contribution >= 4 is 28.8 Å². The zero-order valence-corrected chi connectivity index (χ0v) is 21.4. The molecule has 0 radical (unpaired) electrons. The molecule has 0 bridgehead atoms. The highest BCUT2D eigenvalue weighted by Gasteiger charge is 2.21. The number of piperazine rings is 1. The number of benzene rings is 3. The minimum atomic E-state index is -0.268. The first-order valence-electron chi connectivity index (χ1n) is 11.9. The fourth-order valence-corrected chi connectivity index (χ4v) is 4.38. The maximum absolute atomic E-state index is 12.3. The fourth-order valence-electron chi connectivity index (χ4n) is 4.07. The predicted octanol–water partition coefficient (Wildman–Crippen LogP) is 4.21. The number of hydrogen-bond acceptors (Lipinski definition) is 6. The third kappa shape index (κ3) is 6.74. The summed E-state index contributed by atoms with van der Waals surface area (Å²) >= 11 is 5.79. The lowest BCUT2D eigenvalue weighted by Gasteiger charge is -2.36. The number of anilines is 1. The zero-order chi connectivity index (χ0) is 25.3. The van der Waals surface area contributed by atoms with Crippen molar-refractivity contribution in [3.05, 3.63) is 83.9 Å². The van der Waals surface area contributed by atoms with Crippen LogP contribution in [0, 0.1) is 0 Å². The van der Waals surface area contributed by atoms with E-state index in [-0.39, 0.29) is 12.5 Å². The molecule has 1 aliphatic heterocycles. The number of rotatable bonds is 9. The van der Waals surface area contributed by atoms with Crippen molar-refractivity contribution in [1.29, 1.82) is 0 Å². The van der Waals surface area contributed by atoms with Crippen LogP contribution in [0.1, 0.15) is 11.1 Å². The Bertz CT molecular complexity index is 1160. The quantitative estimate of drug-likeness (QED) is 0.437. The number of carbonyl (C=O) groups excluding carboxylic acids is 1. The number of carbonyl (C=O) groups is 1. The molecule has 0 aromatic heterocycles. The lowest BCUT2D eigenvalue weighted by atomic mass is 10.1. The molecule has 7 nitrogen and oxygen atoms in total. The van der Waals surface area contributed by atoms with Gasteiger partial charge >= 0.3 is 0 Å². The second-order valence-corrected chi connectivity index (χ2v) is 8.87. The topological polar surface area (TPSA) is 63.3 Å².